The number of carbonyl (C=O) groups is 2. The molecule has 0 unspecified atom stereocenters. The summed E-state index contributed by atoms with van der Waals surface area (Å²) in [6, 6.07) is 6.70. The average Bonchev–Trinajstić information content (AvgIpc) is 2.44. The van der Waals surface area contributed by atoms with Crippen molar-refractivity contribution in [3.05, 3.63) is 48.0 Å². The maximum atomic E-state index is 13.1. The Labute approximate surface area is 246 Å². The molecule has 6 nitrogen and oxygen atoms in total. The topological polar surface area (TPSA) is 105 Å². The summed E-state index contributed by atoms with van der Waals surface area (Å²) in [7, 11) is 0. The van der Waals surface area contributed by atoms with Crippen molar-refractivity contribution in [2.75, 3.05) is 6.54 Å². The SMILES string of the molecule is O=C([O-])CNC(=O)c1ncc(-c2cccc(F)c2)cc1[O-].[H-].[K+].[K+].[Na+]. The molecule has 0 aliphatic heterocycles. The molecule has 0 spiro atoms. The van der Waals surface area contributed by atoms with Gasteiger partial charge in [-0.05, 0) is 23.3 Å². The summed E-state index contributed by atoms with van der Waals surface area (Å²) in [4.78, 5) is 25.5. The number of amides is 1. The van der Waals surface area contributed by atoms with Gasteiger partial charge in [0.25, 0.3) is 5.91 Å². The molecule has 0 atom stereocenters. The summed E-state index contributed by atoms with van der Waals surface area (Å²) in [5.74, 6) is -3.54. The Bertz CT molecular complexity index is 725. The first kappa shape index (κ1) is 27.5. The molecule has 1 heterocycles. The standard InChI is InChI=1S/C14H11FN2O4.2K.Na.H/c15-10-3-1-2-8(4-10)9-5-11(18)13(16-6-9)14(21)17-7-12(19)20;;;;/h1-6,18H,7H2,(H,17,21)(H,19,20);;;;/q;3*+1;-1/p-2. The van der Waals surface area contributed by atoms with Gasteiger partial charge in [-0.25, -0.2) is 4.39 Å². The molecule has 24 heavy (non-hydrogen) atoms. The largest absolute Gasteiger partial charge is 1.00 e. The van der Waals surface area contributed by atoms with Crippen molar-refractivity contribution in [2.45, 2.75) is 0 Å². The molecule has 2 rings (SSSR count). The maximum absolute atomic E-state index is 13.1. The van der Waals surface area contributed by atoms with Crippen LogP contribution < -0.4 is 148 Å². The summed E-state index contributed by atoms with van der Waals surface area (Å²) in [5.41, 5.74) is 0.369. The Morgan fingerprint density at radius 3 is 2.42 bits per heavy atom. The van der Waals surface area contributed by atoms with Crippen LogP contribution in [0.1, 0.15) is 11.9 Å². The molecule has 10 heteroatoms. The Kier molecular flexibility index (Phi) is 15.5. The quantitative estimate of drug-likeness (QED) is 0.522. The minimum atomic E-state index is -1.48. The molecule has 0 aliphatic rings. The van der Waals surface area contributed by atoms with Crippen LogP contribution in [0.4, 0.5) is 4.39 Å². The van der Waals surface area contributed by atoms with Crippen molar-refractivity contribution in [2.24, 2.45) is 0 Å². The summed E-state index contributed by atoms with van der Waals surface area (Å²) in [6.45, 7) is -0.717. The van der Waals surface area contributed by atoms with Gasteiger partial charge in [0.2, 0.25) is 0 Å². The third kappa shape index (κ3) is 8.34. The van der Waals surface area contributed by atoms with Gasteiger partial charge >= 0.3 is 132 Å². The van der Waals surface area contributed by atoms with E-state index in [1.54, 1.807) is 6.07 Å². The molecular formula is C14H10FK2N2NaO4. The molecule has 1 aromatic carbocycles. The first-order valence-corrected chi connectivity index (χ1v) is 5.88. The number of pyridine rings is 1. The first-order valence-electron chi connectivity index (χ1n) is 5.88. The van der Waals surface area contributed by atoms with Gasteiger partial charge in [0.1, 0.15) is 11.5 Å². The normalized spacial score (nSPS) is 8.88. The fraction of sp³-hybridized carbons (Fsp3) is 0.0714. The molecule has 2 aromatic rings. The second-order valence-corrected chi connectivity index (χ2v) is 4.14. The van der Waals surface area contributed by atoms with E-state index in [4.69, 9.17) is 0 Å². The number of aliphatic carboxylic acids is 1. The predicted molar refractivity (Wildman–Crippen MR) is 67.5 cm³/mol. The van der Waals surface area contributed by atoms with Crippen LogP contribution in [0.5, 0.6) is 5.75 Å². The molecule has 0 radical (unpaired) electrons. The number of nitrogens with zero attached hydrogens (tertiary/aromatic N) is 1. The molecule has 1 N–H and O–H groups in total. The fourth-order valence-corrected chi connectivity index (χ4v) is 1.68. The third-order valence-electron chi connectivity index (χ3n) is 2.62. The number of aromatic nitrogens is 1. The smallest absolute Gasteiger partial charge is 1.00 e. The van der Waals surface area contributed by atoms with Gasteiger partial charge in [-0.3, -0.25) is 9.78 Å². The van der Waals surface area contributed by atoms with Gasteiger partial charge in [-0.2, -0.15) is 0 Å². The second kappa shape index (κ2) is 13.5. The number of benzene rings is 1. The van der Waals surface area contributed by atoms with Gasteiger partial charge in [0.05, 0.1) is 12.5 Å². The number of rotatable bonds is 4. The van der Waals surface area contributed by atoms with Gasteiger partial charge in [-0.15, -0.1) is 0 Å². The van der Waals surface area contributed by atoms with Gasteiger partial charge in [0, 0.05) is 6.20 Å². The van der Waals surface area contributed by atoms with E-state index in [0.717, 1.165) is 6.07 Å². The number of carbonyl (C=O) groups excluding carboxylic acids is 2. The van der Waals surface area contributed by atoms with E-state index >= 15 is 0 Å². The molecule has 0 saturated heterocycles. The van der Waals surface area contributed by atoms with Gasteiger partial charge < -0.3 is 21.8 Å². The molecule has 0 bridgehead atoms. The Balaban J connectivity index is -0.00000121. The average molecular weight is 390 g/mol. The summed E-state index contributed by atoms with van der Waals surface area (Å²) >= 11 is 0. The van der Waals surface area contributed by atoms with Crippen LogP contribution in [0.3, 0.4) is 0 Å². The zero-order valence-corrected chi connectivity index (χ0v) is 21.9. The molecular weight excluding hydrogens is 380 g/mol. The van der Waals surface area contributed by atoms with Crippen molar-refractivity contribution >= 4 is 11.9 Å². The van der Waals surface area contributed by atoms with E-state index in [9.17, 15) is 24.2 Å². The number of carboxylic acids is 1. The van der Waals surface area contributed by atoms with E-state index in [2.05, 4.69) is 4.98 Å². The van der Waals surface area contributed by atoms with E-state index in [1.165, 1.54) is 24.4 Å². The molecule has 0 fully saturated rings. The minimum Gasteiger partial charge on any atom is -1.00 e. The zero-order chi connectivity index (χ0) is 15.4. The summed E-state index contributed by atoms with van der Waals surface area (Å²) in [5, 5.41) is 24.0. The van der Waals surface area contributed by atoms with Gasteiger partial charge in [-0.1, -0.05) is 23.9 Å². The van der Waals surface area contributed by atoms with Crippen molar-refractivity contribution in [1.82, 2.24) is 10.3 Å². The van der Waals surface area contributed by atoms with Crippen molar-refractivity contribution in [1.29, 1.82) is 0 Å². The molecule has 110 valence electrons. The van der Waals surface area contributed by atoms with E-state index in [0.29, 0.717) is 11.1 Å². The Morgan fingerprint density at radius 1 is 1.21 bits per heavy atom. The number of hydrogen-bond acceptors (Lipinski definition) is 5. The van der Waals surface area contributed by atoms with Crippen LogP contribution >= 0.6 is 0 Å². The van der Waals surface area contributed by atoms with Crippen LogP contribution in [0.15, 0.2) is 36.5 Å². The third-order valence-corrected chi connectivity index (χ3v) is 2.62. The van der Waals surface area contributed by atoms with Crippen molar-refractivity contribution in [3.63, 3.8) is 0 Å². The van der Waals surface area contributed by atoms with Crippen LogP contribution in [0, 0.1) is 5.82 Å². The Morgan fingerprint density at radius 2 is 1.88 bits per heavy atom. The van der Waals surface area contributed by atoms with E-state index in [1.807, 2.05) is 5.32 Å². The number of halogens is 1. The van der Waals surface area contributed by atoms with Crippen molar-refractivity contribution < 1.29 is 158 Å². The molecule has 1 amide bonds. The summed E-state index contributed by atoms with van der Waals surface area (Å²) in [6.07, 6.45) is 1.24. The van der Waals surface area contributed by atoms with Crippen LogP contribution in [-0.4, -0.2) is 23.4 Å². The molecule has 0 aliphatic carbocycles. The molecule has 1 aromatic heterocycles. The fourth-order valence-electron chi connectivity index (χ4n) is 1.68. The van der Waals surface area contributed by atoms with E-state index in [-0.39, 0.29) is 134 Å². The maximum Gasteiger partial charge on any atom is 1.00 e. The predicted octanol–water partition coefficient (Wildman–Crippen LogP) is -9.43. The van der Waals surface area contributed by atoms with Gasteiger partial charge in [0.15, 0.2) is 0 Å². The van der Waals surface area contributed by atoms with E-state index < -0.39 is 35.7 Å². The zero-order valence-electron chi connectivity index (χ0n) is 14.6. The molecule has 0 saturated carbocycles. The summed E-state index contributed by atoms with van der Waals surface area (Å²) < 4.78 is 13.1. The van der Waals surface area contributed by atoms with Crippen LogP contribution in [0.2, 0.25) is 0 Å². The van der Waals surface area contributed by atoms with Crippen LogP contribution in [-0.2, 0) is 4.79 Å². The van der Waals surface area contributed by atoms with Crippen LogP contribution in [0.25, 0.3) is 11.1 Å². The minimum absolute atomic E-state index is 0. The monoisotopic (exact) mass is 390 g/mol. The second-order valence-electron chi connectivity index (χ2n) is 4.14. The number of carboxylic acid groups (broad SMARTS) is 1. The Hall–Kier alpha value is 1.31. The number of nitrogens with one attached hydrogen (secondary N) is 1. The number of hydrogen-bond donors (Lipinski definition) is 1. The van der Waals surface area contributed by atoms with Crippen molar-refractivity contribution in [3.8, 4) is 16.9 Å². The first-order chi connectivity index (χ1) is 9.97.